The Balaban J connectivity index is 0. The van der Waals surface area contributed by atoms with E-state index >= 15 is 0 Å². The number of esters is 2. The Morgan fingerprint density at radius 3 is 1.80 bits per heavy atom. The minimum Gasteiger partial charge on any atom is -0.478 e. The quantitative estimate of drug-likeness (QED) is 0.430. The van der Waals surface area contributed by atoms with Gasteiger partial charge < -0.3 is 9.84 Å². The molecule has 82 valence electrons. The van der Waals surface area contributed by atoms with Crippen molar-refractivity contribution in [1.82, 2.24) is 0 Å². The molecule has 5 heteroatoms. The van der Waals surface area contributed by atoms with Crippen molar-refractivity contribution in [3.05, 3.63) is 37.5 Å². The molecule has 0 unspecified atom stereocenters. The van der Waals surface area contributed by atoms with Crippen LogP contribution in [0.3, 0.4) is 0 Å². The van der Waals surface area contributed by atoms with Crippen molar-refractivity contribution >= 4 is 17.9 Å². The summed E-state index contributed by atoms with van der Waals surface area (Å²) in [4.78, 5) is 30.1. The predicted molar refractivity (Wildman–Crippen MR) is 53.9 cm³/mol. The monoisotopic (exact) mass is 212 g/mol. The van der Waals surface area contributed by atoms with Gasteiger partial charge in [0.1, 0.15) is 0 Å². The third-order valence-corrected chi connectivity index (χ3v) is 0.883. The van der Waals surface area contributed by atoms with Crippen LogP contribution in [0.25, 0.3) is 0 Å². The van der Waals surface area contributed by atoms with Crippen LogP contribution < -0.4 is 0 Å². The molecule has 0 radical (unpaired) electrons. The highest BCUT2D eigenvalue weighted by atomic mass is 16.6. The van der Waals surface area contributed by atoms with E-state index in [2.05, 4.69) is 24.5 Å². The van der Waals surface area contributed by atoms with Gasteiger partial charge in [0.05, 0.1) is 0 Å². The largest absolute Gasteiger partial charge is 0.478 e. The predicted octanol–water partition coefficient (Wildman–Crippen LogP) is 1.08. The number of aliphatic carboxylic acids is 1. The molecule has 0 atom stereocenters. The topological polar surface area (TPSA) is 80.7 Å². The molecule has 0 spiro atoms. The smallest absolute Gasteiger partial charge is 0.340 e. The third-order valence-electron chi connectivity index (χ3n) is 0.883. The van der Waals surface area contributed by atoms with Gasteiger partial charge in [-0.05, 0) is 6.92 Å². The van der Waals surface area contributed by atoms with Gasteiger partial charge in [-0.3, -0.25) is 0 Å². The van der Waals surface area contributed by atoms with E-state index in [1.54, 1.807) is 0 Å². The summed E-state index contributed by atoms with van der Waals surface area (Å²) in [5.74, 6) is -2.46. The van der Waals surface area contributed by atoms with Crippen LogP contribution in [0.2, 0.25) is 0 Å². The van der Waals surface area contributed by atoms with Crippen molar-refractivity contribution in [1.29, 1.82) is 0 Å². The summed E-state index contributed by atoms with van der Waals surface area (Å²) < 4.78 is 4.17. The van der Waals surface area contributed by atoms with Crippen molar-refractivity contribution in [2.45, 2.75) is 6.92 Å². The van der Waals surface area contributed by atoms with E-state index < -0.39 is 17.9 Å². The molecule has 0 bridgehead atoms. The maximum absolute atomic E-state index is 10.5. The number of rotatable bonds is 3. The Labute approximate surface area is 87.4 Å². The van der Waals surface area contributed by atoms with Crippen molar-refractivity contribution in [2.75, 3.05) is 0 Å². The van der Waals surface area contributed by atoms with E-state index in [-0.39, 0.29) is 5.57 Å². The first kappa shape index (κ1) is 15.3. The Morgan fingerprint density at radius 1 is 1.20 bits per heavy atom. The SMILES string of the molecule is C=CC(=O)O.C=CC(=O)OC(=O)C(=C)C. The first-order chi connectivity index (χ1) is 6.84. The van der Waals surface area contributed by atoms with Crippen molar-refractivity contribution in [2.24, 2.45) is 0 Å². The van der Waals surface area contributed by atoms with Crippen LogP contribution in [0, 0.1) is 0 Å². The highest BCUT2D eigenvalue weighted by Gasteiger charge is 2.06. The summed E-state index contributed by atoms with van der Waals surface area (Å²) in [5.41, 5.74) is 0.190. The number of hydrogen-bond donors (Lipinski definition) is 1. The highest BCUT2D eigenvalue weighted by molar-refractivity contribution is 5.98. The van der Waals surface area contributed by atoms with E-state index in [1.165, 1.54) is 6.92 Å². The van der Waals surface area contributed by atoms with Gasteiger partial charge in [0, 0.05) is 17.7 Å². The molecule has 0 fully saturated rings. The van der Waals surface area contributed by atoms with Crippen LogP contribution in [0.4, 0.5) is 0 Å². The molecule has 5 nitrogen and oxygen atoms in total. The van der Waals surface area contributed by atoms with E-state index in [9.17, 15) is 14.4 Å². The number of carbonyl (C=O) groups is 3. The van der Waals surface area contributed by atoms with Gasteiger partial charge in [-0.1, -0.05) is 19.7 Å². The van der Waals surface area contributed by atoms with Crippen molar-refractivity contribution < 1.29 is 24.2 Å². The first-order valence-electron chi connectivity index (χ1n) is 3.74. The molecule has 0 aliphatic carbocycles. The fraction of sp³-hybridized carbons (Fsp3) is 0.100. The Kier molecular flexibility index (Phi) is 8.60. The summed E-state index contributed by atoms with van der Waals surface area (Å²) in [6.45, 7) is 10.8. The average Bonchev–Trinajstić information content (AvgIpc) is 2.18. The van der Waals surface area contributed by atoms with Crippen LogP contribution in [0.15, 0.2) is 37.5 Å². The molecule has 0 aliphatic rings. The van der Waals surface area contributed by atoms with Crippen LogP contribution in [0.1, 0.15) is 6.92 Å². The minimum atomic E-state index is -0.981. The molecule has 0 rings (SSSR count). The normalized spacial score (nSPS) is 7.53. The van der Waals surface area contributed by atoms with Crippen molar-refractivity contribution in [3.8, 4) is 0 Å². The molecule has 0 aliphatic heterocycles. The summed E-state index contributed by atoms with van der Waals surface area (Å²) >= 11 is 0. The zero-order valence-corrected chi connectivity index (χ0v) is 8.36. The minimum absolute atomic E-state index is 0.190. The van der Waals surface area contributed by atoms with E-state index in [4.69, 9.17) is 5.11 Å². The number of carboxylic acids is 1. The van der Waals surface area contributed by atoms with Gasteiger partial charge in [-0.25, -0.2) is 14.4 Å². The standard InChI is InChI=1S/C7H8O3.C3H4O2/c1-4-6(8)10-7(9)5(2)3;1-2-3(4)5/h4H,1-2H2,3H3;2H,1H2,(H,4,5). The zero-order valence-electron chi connectivity index (χ0n) is 8.36. The van der Waals surface area contributed by atoms with Gasteiger partial charge in [0.25, 0.3) is 0 Å². The summed E-state index contributed by atoms with van der Waals surface area (Å²) in [7, 11) is 0. The lowest BCUT2D eigenvalue weighted by atomic mass is 10.4. The fourth-order valence-corrected chi connectivity index (χ4v) is 0.220. The number of ether oxygens (including phenoxy) is 1. The van der Waals surface area contributed by atoms with Gasteiger partial charge in [0.2, 0.25) is 0 Å². The highest BCUT2D eigenvalue weighted by Crippen LogP contribution is 1.92. The van der Waals surface area contributed by atoms with Crippen molar-refractivity contribution in [3.63, 3.8) is 0 Å². The molecule has 0 aromatic rings. The molecule has 0 aromatic carbocycles. The Hall–Kier alpha value is -2.17. The lowest BCUT2D eigenvalue weighted by molar-refractivity contribution is -0.153. The molecule has 0 saturated carbocycles. The average molecular weight is 212 g/mol. The van der Waals surface area contributed by atoms with Crippen LogP contribution >= 0.6 is 0 Å². The molecule has 15 heavy (non-hydrogen) atoms. The number of carbonyl (C=O) groups excluding carboxylic acids is 2. The molecule has 0 heterocycles. The van der Waals surface area contributed by atoms with E-state index in [0.717, 1.165) is 12.2 Å². The van der Waals surface area contributed by atoms with Crippen LogP contribution in [-0.2, 0) is 19.1 Å². The van der Waals surface area contributed by atoms with Gasteiger partial charge >= 0.3 is 17.9 Å². The van der Waals surface area contributed by atoms with Gasteiger partial charge in [-0.2, -0.15) is 0 Å². The maximum Gasteiger partial charge on any atom is 0.340 e. The zero-order chi connectivity index (χ0) is 12.4. The summed E-state index contributed by atoms with van der Waals surface area (Å²) in [6.07, 6.45) is 1.75. The molecule has 0 aromatic heterocycles. The molecular formula is C10H12O5. The van der Waals surface area contributed by atoms with E-state index in [1.807, 2.05) is 0 Å². The molecule has 1 N–H and O–H groups in total. The lowest BCUT2D eigenvalue weighted by Crippen LogP contribution is -2.09. The van der Waals surface area contributed by atoms with E-state index in [0.29, 0.717) is 0 Å². The maximum atomic E-state index is 10.5. The summed E-state index contributed by atoms with van der Waals surface area (Å²) in [6, 6.07) is 0. The fourth-order valence-electron chi connectivity index (χ4n) is 0.220. The van der Waals surface area contributed by atoms with Crippen LogP contribution in [-0.4, -0.2) is 23.0 Å². The van der Waals surface area contributed by atoms with Crippen LogP contribution in [0.5, 0.6) is 0 Å². The van der Waals surface area contributed by atoms with Gasteiger partial charge in [-0.15, -0.1) is 0 Å². The molecule has 0 saturated heterocycles. The Bertz CT molecular complexity index is 301. The summed E-state index contributed by atoms with van der Waals surface area (Å²) in [5, 5.41) is 7.60. The molecule has 0 amide bonds. The Morgan fingerprint density at radius 2 is 1.60 bits per heavy atom. The number of hydrogen-bond acceptors (Lipinski definition) is 4. The van der Waals surface area contributed by atoms with Gasteiger partial charge in [0.15, 0.2) is 0 Å². The second-order valence-corrected chi connectivity index (χ2v) is 2.24. The first-order valence-corrected chi connectivity index (χ1v) is 3.74. The second-order valence-electron chi connectivity index (χ2n) is 2.24. The number of carboxylic acid groups (broad SMARTS) is 1. The third kappa shape index (κ3) is 11.8. The second kappa shape index (κ2) is 8.43. The lowest BCUT2D eigenvalue weighted by Gasteiger charge is -1.95. The molecular weight excluding hydrogens is 200 g/mol.